The Hall–Kier alpha value is -2.57. The van der Waals surface area contributed by atoms with Gasteiger partial charge in [-0.25, -0.2) is 4.79 Å². The summed E-state index contributed by atoms with van der Waals surface area (Å²) in [6.07, 6.45) is 2.07. The number of hydrogen-bond donors (Lipinski definition) is 4. The zero-order valence-corrected chi connectivity index (χ0v) is 15.1. The van der Waals surface area contributed by atoms with Gasteiger partial charge in [0.05, 0.1) is 0 Å². The zero-order chi connectivity index (χ0) is 17.5. The van der Waals surface area contributed by atoms with Crippen molar-refractivity contribution in [2.75, 3.05) is 23.7 Å². The second kappa shape index (κ2) is 9.79. The van der Waals surface area contributed by atoms with Gasteiger partial charge in [-0.3, -0.25) is 4.79 Å². The molecule has 1 heterocycles. The maximum absolute atomic E-state index is 12.2. The summed E-state index contributed by atoms with van der Waals surface area (Å²) in [6.45, 7) is 1.82. The van der Waals surface area contributed by atoms with E-state index in [1.165, 1.54) is 0 Å². The van der Waals surface area contributed by atoms with Crippen LogP contribution in [-0.2, 0) is 0 Å². The molecule has 1 atom stereocenters. The van der Waals surface area contributed by atoms with E-state index in [2.05, 4.69) is 21.3 Å². The number of rotatable bonds is 4. The molecule has 0 aromatic heterocycles. The molecule has 138 valence electrons. The van der Waals surface area contributed by atoms with E-state index in [4.69, 9.17) is 0 Å². The SMILES string of the molecule is Cl.O=C(Nc1ccccc1)Nc1ccc(C(=O)N[C@H]2CCCNC2)cc1. The van der Waals surface area contributed by atoms with Crippen molar-refractivity contribution in [1.29, 1.82) is 0 Å². The third-order valence-corrected chi connectivity index (χ3v) is 4.07. The number of urea groups is 1. The first-order valence-electron chi connectivity index (χ1n) is 8.45. The summed E-state index contributed by atoms with van der Waals surface area (Å²) in [4.78, 5) is 24.2. The molecule has 1 saturated heterocycles. The Morgan fingerprint density at radius 3 is 2.19 bits per heavy atom. The van der Waals surface area contributed by atoms with Crippen LogP contribution in [0.4, 0.5) is 16.2 Å². The maximum atomic E-state index is 12.2. The van der Waals surface area contributed by atoms with Crippen molar-refractivity contribution in [2.24, 2.45) is 0 Å². The number of para-hydroxylation sites is 1. The summed E-state index contributed by atoms with van der Waals surface area (Å²) >= 11 is 0. The Morgan fingerprint density at radius 2 is 1.58 bits per heavy atom. The van der Waals surface area contributed by atoms with Gasteiger partial charge in [0, 0.05) is 29.5 Å². The van der Waals surface area contributed by atoms with Crippen molar-refractivity contribution in [3.05, 3.63) is 60.2 Å². The zero-order valence-electron chi connectivity index (χ0n) is 14.3. The van der Waals surface area contributed by atoms with Gasteiger partial charge in [0.1, 0.15) is 0 Å². The third kappa shape index (κ3) is 5.75. The van der Waals surface area contributed by atoms with Gasteiger partial charge in [0.2, 0.25) is 0 Å². The highest BCUT2D eigenvalue weighted by molar-refractivity contribution is 6.00. The van der Waals surface area contributed by atoms with E-state index in [-0.39, 0.29) is 30.4 Å². The summed E-state index contributed by atoms with van der Waals surface area (Å²) in [7, 11) is 0. The number of amides is 3. The lowest BCUT2D eigenvalue weighted by Crippen LogP contribution is -2.45. The van der Waals surface area contributed by atoms with Crippen LogP contribution in [0.15, 0.2) is 54.6 Å². The number of anilines is 2. The first kappa shape index (κ1) is 19.8. The summed E-state index contributed by atoms with van der Waals surface area (Å²) in [5, 5.41) is 11.8. The average molecular weight is 375 g/mol. The first-order valence-corrected chi connectivity index (χ1v) is 8.45. The molecule has 3 amide bonds. The van der Waals surface area contributed by atoms with E-state index < -0.39 is 0 Å². The lowest BCUT2D eigenvalue weighted by molar-refractivity contribution is 0.0930. The van der Waals surface area contributed by atoms with Gasteiger partial charge >= 0.3 is 6.03 Å². The van der Waals surface area contributed by atoms with Crippen LogP contribution in [0.3, 0.4) is 0 Å². The number of piperidine rings is 1. The topological polar surface area (TPSA) is 82.3 Å². The fourth-order valence-corrected chi connectivity index (χ4v) is 2.76. The summed E-state index contributed by atoms with van der Waals surface area (Å²) in [6, 6.07) is 15.9. The quantitative estimate of drug-likeness (QED) is 0.663. The monoisotopic (exact) mass is 374 g/mol. The first-order chi connectivity index (χ1) is 12.2. The van der Waals surface area contributed by atoms with Gasteiger partial charge < -0.3 is 21.3 Å². The molecule has 7 heteroatoms. The predicted octanol–water partition coefficient (Wildman–Crippen LogP) is 3.23. The van der Waals surface area contributed by atoms with Crippen molar-refractivity contribution in [3.63, 3.8) is 0 Å². The minimum absolute atomic E-state index is 0. The number of hydrogen-bond acceptors (Lipinski definition) is 3. The fraction of sp³-hybridized carbons (Fsp3) is 0.263. The number of benzene rings is 2. The predicted molar refractivity (Wildman–Crippen MR) is 106 cm³/mol. The van der Waals surface area contributed by atoms with Crippen LogP contribution >= 0.6 is 12.4 Å². The molecular formula is C19H23ClN4O2. The Balaban J connectivity index is 0.00000243. The van der Waals surface area contributed by atoms with Crippen LogP contribution in [-0.4, -0.2) is 31.1 Å². The minimum atomic E-state index is -0.323. The van der Waals surface area contributed by atoms with Crippen molar-refractivity contribution in [2.45, 2.75) is 18.9 Å². The van der Waals surface area contributed by atoms with Crippen LogP contribution in [0, 0.1) is 0 Å². The molecule has 0 saturated carbocycles. The highest BCUT2D eigenvalue weighted by Crippen LogP contribution is 2.12. The lowest BCUT2D eigenvalue weighted by Gasteiger charge is -2.23. The average Bonchev–Trinajstić information content (AvgIpc) is 2.64. The van der Waals surface area contributed by atoms with Gasteiger partial charge in [-0.1, -0.05) is 18.2 Å². The molecule has 0 radical (unpaired) electrons. The Kier molecular flexibility index (Phi) is 7.44. The number of carbonyl (C=O) groups excluding carboxylic acids is 2. The second-order valence-electron chi connectivity index (χ2n) is 6.04. The van der Waals surface area contributed by atoms with Crippen molar-refractivity contribution < 1.29 is 9.59 Å². The molecule has 0 spiro atoms. The fourth-order valence-electron chi connectivity index (χ4n) is 2.76. The molecular weight excluding hydrogens is 352 g/mol. The number of nitrogens with one attached hydrogen (secondary N) is 4. The van der Waals surface area contributed by atoms with E-state index in [1.54, 1.807) is 24.3 Å². The molecule has 1 aliphatic rings. The number of carbonyl (C=O) groups is 2. The molecule has 2 aromatic carbocycles. The van der Waals surface area contributed by atoms with Gasteiger partial charge in [0.15, 0.2) is 0 Å². The highest BCUT2D eigenvalue weighted by Gasteiger charge is 2.16. The molecule has 6 nitrogen and oxygen atoms in total. The van der Waals surface area contributed by atoms with Crippen LogP contribution in [0.25, 0.3) is 0 Å². The maximum Gasteiger partial charge on any atom is 0.323 e. The molecule has 26 heavy (non-hydrogen) atoms. The highest BCUT2D eigenvalue weighted by atomic mass is 35.5. The van der Waals surface area contributed by atoms with Gasteiger partial charge in [-0.15, -0.1) is 12.4 Å². The summed E-state index contributed by atoms with van der Waals surface area (Å²) in [5.41, 5.74) is 1.93. The number of halogens is 1. The Bertz CT molecular complexity index is 716. The van der Waals surface area contributed by atoms with Gasteiger partial charge in [-0.05, 0) is 55.8 Å². The Morgan fingerprint density at radius 1 is 0.923 bits per heavy atom. The van der Waals surface area contributed by atoms with Gasteiger partial charge in [-0.2, -0.15) is 0 Å². The third-order valence-electron chi connectivity index (χ3n) is 4.07. The molecule has 1 aliphatic heterocycles. The summed E-state index contributed by atoms with van der Waals surface area (Å²) < 4.78 is 0. The van der Waals surface area contributed by atoms with Gasteiger partial charge in [0.25, 0.3) is 5.91 Å². The standard InChI is InChI=1S/C19H22N4O2.ClH/c24-18(21-17-7-4-12-20-13-17)14-8-10-16(11-9-14)23-19(25)22-15-5-2-1-3-6-15;/h1-3,5-6,8-11,17,20H,4,7,12-13H2,(H,21,24)(H2,22,23,25);1H/t17-;/m0./s1. The van der Waals surface area contributed by atoms with Crippen molar-refractivity contribution in [3.8, 4) is 0 Å². The smallest absolute Gasteiger partial charge is 0.323 e. The van der Waals surface area contributed by atoms with E-state index in [9.17, 15) is 9.59 Å². The van der Waals surface area contributed by atoms with E-state index in [0.29, 0.717) is 11.3 Å². The normalized spacial score (nSPS) is 16.1. The van der Waals surface area contributed by atoms with Crippen molar-refractivity contribution >= 4 is 35.7 Å². The molecule has 4 N–H and O–H groups in total. The largest absolute Gasteiger partial charge is 0.348 e. The molecule has 0 unspecified atom stereocenters. The van der Waals surface area contributed by atoms with Crippen molar-refractivity contribution in [1.82, 2.24) is 10.6 Å². The lowest BCUT2D eigenvalue weighted by atomic mass is 10.1. The van der Waals surface area contributed by atoms with E-state index in [1.807, 2.05) is 30.3 Å². The van der Waals surface area contributed by atoms with E-state index >= 15 is 0 Å². The van der Waals surface area contributed by atoms with Crippen LogP contribution in [0.2, 0.25) is 0 Å². The Labute approximate surface area is 159 Å². The minimum Gasteiger partial charge on any atom is -0.348 e. The van der Waals surface area contributed by atoms with E-state index in [0.717, 1.165) is 31.6 Å². The molecule has 0 aliphatic carbocycles. The molecule has 2 aromatic rings. The van der Waals surface area contributed by atoms with Crippen LogP contribution < -0.4 is 21.3 Å². The summed E-state index contributed by atoms with van der Waals surface area (Å²) in [5.74, 6) is -0.0889. The molecule has 3 rings (SSSR count). The van der Waals surface area contributed by atoms with Crippen LogP contribution in [0.5, 0.6) is 0 Å². The van der Waals surface area contributed by atoms with Crippen LogP contribution in [0.1, 0.15) is 23.2 Å². The molecule has 1 fully saturated rings. The second-order valence-corrected chi connectivity index (χ2v) is 6.04. The molecule has 0 bridgehead atoms.